The molecule has 2 unspecified atom stereocenters. The van der Waals surface area contributed by atoms with Crippen molar-refractivity contribution in [2.45, 2.75) is 19.3 Å². The van der Waals surface area contributed by atoms with Crippen LogP contribution in [-0.2, 0) is 0 Å². The summed E-state index contributed by atoms with van der Waals surface area (Å²) in [4.78, 5) is 4.46. The fraction of sp³-hybridized carbons (Fsp3) is 0.571. The third-order valence-electron chi connectivity index (χ3n) is 3.45. The van der Waals surface area contributed by atoms with Gasteiger partial charge in [0, 0.05) is 31.9 Å². The van der Waals surface area contributed by atoms with E-state index in [1.54, 1.807) is 19.1 Å². The molecule has 0 aliphatic carbocycles. The van der Waals surface area contributed by atoms with Crippen LogP contribution in [0.3, 0.4) is 0 Å². The van der Waals surface area contributed by atoms with Gasteiger partial charge < -0.3 is 20.5 Å². The first-order valence-corrected chi connectivity index (χ1v) is 6.69. The Bertz CT molecular complexity index is 386. The lowest BCUT2D eigenvalue weighted by Crippen LogP contribution is -2.54. The van der Waals surface area contributed by atoms with Crippen molar-refractivity contribution in [2.24, 2.45) is 0 Å². The number of ether oxygens (including phenoxy) is 1. The van der Waals surface area contributed by atoms with E-state index in [0.29, 0.717) is 5.69 Å². The van der Waals surface area contributed by atoms with Crippen molar-refractivity contribution in [2.75, 3.05) is 39.0 Å². The molecule has 0 aromatic heterocycles. The third kappa shape index (κ3) is 3.83. The Hall–Kier alpha value is -1.30. The zero-order valence-corrected chi connectivity index (χ0v) is 11.6. The number of hydrogen-bond acceptors (Lipinski definition) is 5. The van der Waals surface area contributed by atoms with Gasteiger partial charge in [0.05, 0.1) is 0 Å². The molecule has 1 fully saturated rings. The molecule has 1 aromatic rings. The lowest BCUT2D eigenvalue weighted by Gasteiger charge is -2.38. The minimum atomic E-state index is -0.541. The maximum Gasteiger partial charge on any atom is 0.178 e. The Kier molecular flexibility index (Phi) is 4.63. The average molecular weight is 265 g/mol. The van der Waals surface area contributed by atoms with Crippen LogP contribution in [-0.4, -0.2) is 60.5 Å². The largest absolute Gasteiger partial charge is 0.472 e. The minimum Gasteiger partial charge on any atom is -0.472 e. The number of nitrogen functional groups attached to an aromatic ring is 1. The second-order valence-electron chi connectivity index (χ2n) is 5.16. The van der Waals surface area contributed by atoms with Crippen LogP contribution >= 0.6 is 0 Å². The molecule has 0 amide bonds. The molecule has 5 nitrogen and oxygen atoms in total. The van der Waals surface area contributed by atoms with E-state index in [1.165, 1.54) is 0 Å². The van der Waals surface area contributed by atoms with Crippen molar-refractivity contribution >= 4 is 5.69 Å². The average Bonchev–Trinajstić information content (AvgIpc) is 2.39. The molecule has 1 saturated heterocycles. The lowest BCUT2D eigenvalue weighted by molar-refractivity contribution is -0.0723. The maximum absolute atomic E-state index is 9.94. The molecule has 19 heavy (non-hydrogen) atoms. The molecule has 1 aromatic carbocycles. The second kappa shape index (κ2) is 6.23. The summed E-state index contributed by atoms with van der Waals surface area (Å²) in [6, 6.07) is 7.28. The van der Waals surface area contributed by atoms with Crippen molar-refractivity contribution in [3.05, 3.63) is 24.3 Å². The van der Waals surface area contributed by atoms with Crippen LogP contribution in [0.4, 0.5) is 5.69 Å². The fourth-order valence-corrected chi connectivity index (χ4v) is 2.24. The molecule has 3 N–H and O–H groups in total. The summed E-state index contributed by atoms with van der Waals surface area (Å²) in [7, 11) is 2.11. The van der Waals surface area contributed by atoms with Gasteiger partial charge in [-0.2, -0.15) is 0 Å². The van der Waals surface area contributed by atoms with Crippen LogP contribution in [0.1, 0.15) is 6.92 Å². The summed E-state index contributed by atoms with van der Waals surface area (Å²) >= 11 is 0. The quantitative estimate of drug-likeness (QED) is 0.781. The highest BCUT2D eigenvalue weighted by Crippen LogP contribution is 2.18. The zero-order chi connectivity index (χ0) is 13.8. The molecule has 1 aliphatic rings. The van der Waals surface area contributed by atoms with E-state index in [1.807, 2.05) is 12.1 Å². The maximum atomic E-state index is 9.94. The predicted molar refractivity (Wildman–Crippen MR) is 76.0 cm³/mol. The zero-order valence-electron chi connectivity index (χ0n) is 11.6. The Morgan fingerprint density at radius 2 is 1.74 bits per heavy atom. The van der Waals surface area contributed by atoms with Gasteiger partial charge in [0.15, 0.2) is 6.23 Å². The Morgan fingerprint density at radius 3 is 2.26 bits per heavy atom. The highest BCUT2D eigenvalue weighted by molar-refractivity contribution is 5.41. The number of hydrogen-bond donors (Lipinski definition) is 2. The molecule has 0 bridgehead atoms. The third-order valence-corrected chi connectivity index (χ3v) is 3.45. The molecule has 0 radical (unpaired) electrons. The molecular formula is C14H23N3O2. The van der Waals surface area contributed by atoms with Crippen LogP contribution in [0.25, 0.3) is 0 Å². The van der Waals surface area contributed by atoms with Gasteiger partial charge in [-0.05, 0) is 38.2 Å². The molecule has 0 saturated carbocycles. The first kappa shape index (κ1) is 14.1. The molecule has 106 valence electrons. The lowest BCUT2D eigenvalue weighted by atomic mass is 10.2. The molecule has 1 heterocycles. The summed E-state index contributed by atoms with van der Waals surface area (Å²) in [6.07, 6.45) is -0.849. The van der Waals surface area contributed by atoms with Crippen LogP contribution in [0.2, 0.25) is 0 Å². The Balaban J connectivity index is 2.01. The minimum absolute atomic E-state index is 0.308. The number of anilines is 1. The number of aliphatic hydroxyl groups excluding tert-OH is 1. The van der Waals surface area contributed by atoms with E-state index in [2.05, 4.69) is 16.8 Å². The Labute approximate surface area is 114 Å². The highest BCUT2D eigenvalue weighted by atomic mass is 16.5. The van der Waals surface area contributed by atoms with E-state index in [4.69, 9.17) is 10.5 Å². The monoisotopic (exact) mass is 265 g/mol. The number of nitrogens with zero attached hydrogens (tertiary/aromatic N) is 2. The van der Waals surface area contributed by atoms with Gasteiger partial charge in [-0.1, -0.05) is 0 Å². The van der Waals surface area contributed by atoms with Gasteiger partial charge in [0.25, 0.3) is 0 Å². The number of piperazine rings is 1. The Morgan fingerprint density at radius 1 is 1.16 bits per heavy atom. The number of likely N-dealkylation sites (N-methyl/N-ethyl adjacent to an activating group) is 1. The van der Waals surface area contributed by atoms with Gasteiger partial charge in [-0.25, -0.2) is 0 Å². The fourth-order valence-electron chi connectivity index (χ4n) is 2.24. The number of nitrogens with two attached hydrogens (primary N) is 1. The highest BCUT2D eigenvalue weighted by Gasteiger charge is 2.27. The number of rotatable bonds is 4. The summed E-state index contributed by atoms with van der Waals surface area (Å²) in [5.74, 6) is 0.735. The van der Waals surface area contributed by atoms with Crippen molar-refractivity contribution in [3.63, 3.8) is 0 Å². The number of benzene rings is 1. The topological polar surface area (TPSA) is 62.0 Å². The van der Waals surface area contributed by atoms with Crippen LogP contribution < -0.4 is 10.5 Å². The molecule has 2 rings (SSSR count). The summed E-state index contributed by atoms with van der Waals surface area (Å²) in [5, 5.41) is 9.94. The van der Waals surface area contributed by atoms with Crippen molar-refractivity contribution < 1.29 is 9.84 Å². The molecule has 1 aliphatic heterocycles. The van der Waals surface area contributed by atoms with E-state index in [-0.39, 0.29) is 6.23 Å². The SMILES string of the molecule is CC(O)C(Oc1ccc(N)cc1)N1CCN(C)CC1. The van der Waals surface area contributed by atoms with Crippen molar-refractivity contribution in [3.8, 4) is 5.75 Å². The van der Waals surface area contributed by atoms with Gasteiger partial charge in [0.1, 0.15) is 11.9 Å². The predicted octanol–water partition coefficient (Wildman–Crippen LogP) is 0.602. The summed E-state index contributed by atoms with van der Waals surface area (Å²) in [5.41, 5.74) is 6.36. The van der Waals surface area contributed by atoms with Gasteiger partial charge in [-0.15, -0.1) is 0 Å². The first-order valence-electron chi connectivity index (χ1n) is 6.69. The van der Waals surface area contributed by atoms with E-state index < -0.39 is 6.10 Å². The molecule has 5 heteroatoms. The van der Waals surface area contributed by atoms with Crippen molar-refractivity contribution in [1.82, 2.24) is 9.80 Å². The summed E-state index contributed by atoms with van der Waals surface area (Å²) in [6.45, 7) is 5.56. The van der Waals surface area contributed by atoms with Gasteiger partial charge in [-0.3, -0.25) is 4.90 Å². The van der Waals surface area contributed by atoms with Gasteiger partial charge >= 0.3 is 0 Å². The molecule has 2 atom stereocenters. The molecule has 0 spiro atoms. The van der Waals surface area contributed by atoms with Gasteiger partial charge in [0.2, 0.25) is 0 Å². The van der Waals surface area contributed by atoms with Crippen LogP contribution in [0.15, 0.2) is 24.3 Å². The van der Waals surface area contributed by atoms with E-state index >= 15 is 0 Å². The first-order chi connectivity index (χ1) is 9.06. The molecular weight excluding hydrogens is 242 g/mol. The van der Waals surface area contributed by atoms with E-state index in [0.717, 1.165) is 31.9 Å². The van der Waals surface area contributed by atoms with Crippen LogP contribution in [0.5, 0.6) is 5.75 Å². The summed E-state index contributed by atoms with van der Waals surface area (Å²) < 4.78 is 5.91. The van der Waals surface area contributed by atoms with E-state index in [9.17, 15) is 5.11 Å². The second-order valence-corrected chi connectivity index (χ2v) is 5.16. The number of aliphatic hydroxyl groups is 1. The van der Waals surface area contributed by atoms with Crippen molar-refractivity contribution in [1.29, 1.82) is 0 Å². The van der Waals surface area contributed by atoms with Crippen LogP contribution in [0, 0.1) is 0 Å². The smallest absolute Gasteiger partial charge is 0.178 e. The standard InChI is InChI=1S/C14H23N3O2/c1-11(18)14(17-9-7-16(2)8-10-17)19-13-5-3-12(15)4-6-13/h3-6,11,14,18H,7-10,15H2,1-2H3. The normalized spacial score (nSPS) is 21.0.